The third-order valence-corrected chi connectivity index (χ3v) is 6.39. The zero-order chi connectivity index (χ0) is 25.1. The molecular weight excluding hydrogens is 448 g/mol. The van der Waals surface area contributed by atoms with Gasteiger partial charge in [-0.3, -0.25) is 4.79 Å². The smallest absolute Gasteiger partial charge is 0.185 e. The third kappa shape index (κ3) is 4.29. The van der Waals surface area contributed by atoms with Gasteiger partial charge in [-0.05, 0) is 63.5 Å². The van der Waals surface area contributed by atoms with Crippen molar-refractivity contribution in [1.82, 2.24) is 0 Å². The fourth-order valence-electron chi connectivity index (χ4n) is 4.55. The Labute approximate surface area is 210 Å². The van der Waals surface area contributed by atoms with Gasteiger partial charge in [-0.2, -0.15) is 0 Å². The van der Waals surface area contributed by atoms with Crippen molar-refractivity contribution in [2.24, 2.45) is 0 Å². The summed E-state index contributed by atoms with van der Waals surface area (Å²) in [5.74, 6) is 2.23. The average molecular weight is 475 g/mol. The summed E-state index contributed by atoms with van der Waals surface area (Å²) >= 11 is 0. The Kier molecular flexibility index (Phi) is 6.42. The maximum absolute atomic E-state index is 13.0. The summed E-state index contributed by atoms with van der Waals surface area (Å²) in [6.07, 6.45) is 3.41. The molecule has 0 N–H and O–H groups in total. The summed E-state index contributed by atoms with van der Waals surface area (Å²) in [4.78, 5) is 13.0. The van der Waals surface area contributed by atoms with Crippen LogP contribution in [0.3, 0.4) is 0 Å². The van der Waals surface area contributed by atoms with Gasteiger partial charge in [-0.25, -0.2) is 0 Å². The molecule has 36 heavy (non-hydrogen) atoms. The molecule has 0 spiro atoms. The molecule has 5 aromatic rings. The van der Waals surface area contributed by atoms with Crippen LogP contribution in [0.5, 0.6) is 17.2 Å². The van der Waals surface area contributed by atoms with Gasteiger partial charge in [-0.1, -0.05) is 66.7 Å². The second-order valence-corrected chi connectivity index (χ2v) is 8.41. The average Bonchev–Trinajstić information content (AvgIpc) is 2.94. The fourth-order valence-corrected chi connectivity index (χ4v) is 4.55. The summed E-state index contributed by atoms with van der Waals surface area (Å²) in [6.45, 7) is 0. The molecule has 0 aromatic heterocycles. The molecule has 0 bridgehead atoms. The first-order valence-electron chi connectivity index (χ1n) is 11.7. The highest BCUT2D eigenvalue weighted by atomic mass is 16.5. The van der Waals surface area contributed by atoms with Crippen molar-refractivity contribution in [2.75, 3.05) is 21.3 Å². The van der Waals surface area contributed by atoms with E-state index in [1.54, 1.807) is 27.4 Å². The van der Waals surface area contributed by atoms with Gasteiger partial charge < -0.3 is 14.2 Å². The van der Waals surface area contributed by atoms with Crippen molar-refractivity contribution >= 4 is 33.4 Å². The lowest BCUT2D eigenvalue weighted by Crippen LogP contribution is -1.97. The molecule has 178 valence electrons. The van der Waals surface area contributed by atoms with Gasteiger partial charge in [0.2, 0.25) is 0 Å². The summed E-state index contributed by atoms with van der Waals surface area (Å²) < 4.78 is 16.8. The molecule has 0 radical (unpaired) electrons. The van der Waals surface area contributed by atoms with Gasteiger partial charge in [0, 0.05) is 16.7 Å². The van der Waals surface area contributed by atoms with Crippen molar-refractivity contribution in [1.29, 1.82) is 0 Å². The van der Waals surface area contributed by atoms with Crippen LogP contribution in [-0.2, 0) is 0 Å². The Morgan fingerprint density at radius 1 is 0.639 bits per heavy atom. The SMILES string of the molecule is COc1ccc(/C=C/C(=O)c2ccc3c(-c4c(OC)ccc5ccccc45)c(OC)ccc3c2)cc1. The highest BCUT2D eigenvalue weighted by molar-refractivity contribution is 6.13. The molecule has 5 rings (SSSR count). The van der Waals surface area contributed by atoms with Crippen LogP contribution in [0.1, 0.15) is 15.9 Å². The summed E-state index contributed by atoms with van der Waals surface area (Å²) in [5.41, 5.74) is 3.46. The van der Waals surface area contributed by atoms with Crippen molar-refractivity contribution in [3.8, 4) is 28.4 Å². The number of rotatable bonds is 7. The van der Waals surface area contributed by atoms with E-state index in [2.05, 4.69) is 18.2 Å². The number of hydrogen-bond donors (Lipinski definition) is 0. The molecular formula is C32H26O4. The predicted molar refractivity (Wildman–Crippen MR) is 146 cm³/mol. The summed E-state index contributed by atoms with van der Waals surface area (Å²) in [5, 5.41) is 4.12. The Morgan fingerprint density at radius 3 is 1.94 bits per heavy atom. The number of fused-ring (bicyclic) bond motifs is 2. The standard InChI is InChI=1S/C32H26O4/c1-34-25-14-8-21(9-15-25)10-17-28(33)24-11-16-27-23(20-24)13-19-30(36-3)32(27)31-26-7-5-4-6-22(26)12-18-29(31)35-2/h4-20H,1-3H3/b17-10+. The van der Waals surface area contributed by atoms with E-state index >= 15 is 0 Å². The first-order valence-corrected chi connectivity index (χ1v) is 11.7. The van der Waals surface area contributed by atoms with Gasteiger partial charge in [0.05, 0.1) is 21.3 Å². The molecule has 0 aliphatic rings. The maximum atomic E-state index is 13.0. The number of carbonyl (C=O) groups is 1. The molecule has 0 heterocycles. The molecule has 0 fully saturated rings. The minimum atomic E-state index is -0.0622. The third-order valence-electron chi connectivity index (χ3n) is 6.39. The molecule has 0 aliphatic carbocycles. The molecule has 0 amide bonds. The van der Waals surface area contributed by atoms with E-state index in [1.165, 1.54) is 0 Å². The Morgan fingerprint density at radius 2 is 1.28 bits per heavy atom. The number of carbonyl (C=O) groups excluding carboxylic acids is 1. The van der Waals surface area contributed by atoms with Crippen molar-refractivity contribution in [2.45, 2.75) is 0 Å². The van der Waals surface area contributed by atoms with E-state index < -0.39 is 0 Å². The Balaban J connectivity index is 1.60. The highest BCUT2D eigenvalue weighted by Gasteiger charge is 2.18. The van der Waals surface area contributed by atoms with Gasteiger partial charge >= 0.3 is 0 Å². The zero-order valence-electron chi connectivity index (χ0n) is 20.4. The van der Waals surface area contributed by atoms with Crippen LogP contribution < -0.4 is 14.2 Å². The van der Waals surface area contributed by atoms with Gasteiger partial charge in [0.25, 0.3) is 0 Å². The lowest BCUT2D eigenvalue weighted by atomic mass is 9.91. The lowest BCUT2D eigenvalue weighted by molar-refractivity contribution is 0.104. The molecule has 0 aliphatic heterocycles. The monoisotopic (exact) mass is 474 g/mol. The van der Waals surface area contributed by atoms with Crippen LogP contribution in [0.2, 0.25) is 0 Å². The lowest BCUT2D eigenvalue weighted by Gasteiger charge is -2.18. The van der Waals surface area contributed by atoms with E-state index in [-0.39, 0.29) is 5.78 Å². The molecule has 0 saturated heterocycles. The molecule has 4 heteroatoms. The summed E-state index contributed by atoms with van der Waals surface area (Å²) in [6, 6.07) is 29.5. The number of benzene rings is 5. The van der Waals surface area contributed by atoms with Crippen LogP contribution in [0.25, 0.3) is 38.7 Å². The van der Waals surface area contributed by atoms with Gasteiger partial charge in [0.1, 0.15) is 17.2 Å². The molecule has 4 nitrogen and oxygen atoms in total. The van der Waals surface area contributed by atoms with Crippen molar-refractivity contribution in [3.05, 3.63) is 108 Å². The quantitative estimate of drug-likeness (QED) is 0.180. The first kappa shape index (κ1) is 23.2. The van der Waals surface area contributed by atoms with Crippen LogP contribution in [0, 0.1) is 0 Å². The van der Waals surface area contributed by atoms with Gasteiger partial charge in [-0.15, -0.1) is 0 Å². The molecule has 0 saturated carbocycles. The number of methoxy groups -OCH3 is 3. The van der Waals surface area contributed by atoms with E-state index in [1.807, 2.05) is 78.9 Å². The normalized spacial score (nSPS) is 11.2. The second-order valence-electron chi connectivity index (χ2n) is 8.41. The van der Waals surface area contributed by atoms with Crippen molar-refractivity contribution in [3.63, 3.8) is 0 Å². The van der Waals surface area contributed by atoms with Crippen molar-refractivity contribution < 1.29 is 19.0 Å². The van der Waals surface area contributed by atoms with Gasteiger partial charge in [0.15, 0.2) is 5.78 Å². The van der Waals surface area contributed by atoms with E-state index in [4.69, 9.17) is 14.2 Å². The van der Waals surface area contributed by atoms with Crippen LogP contribution >= 0.6 is 0 Å². The number of hydrogen-bond acceptors (Lipinski definition) is 4. The number of ether oxygens (including phenoxy) is 3. The molecule has 5 aromatic carbocycles. The number of allylic oxidation sites excluding steroid dienone is 1. The van der Waals surface area contributed by atoms with Crippen LogP contribution in [-0.4, -0.2) is 27.1 Å². The molecule has 0 unspecified atom stereocenters. The van der Waals surface area contributed by atoms with Crippen LogP contribution in [0.4, 0.5) is 0 Å². The minimum absolute atomic E-state index is 0.0622. The second kappa shape index (κ2) is 9.96. The predicted octanol–water partition coefficient (Wildman–Crippen LogP) is 7.58. The topological polar surface area (TPSA) is 44.8 Å². The fraction of sp³-hybridized carbons (Fsp3) is 0.0938. The molecule has 0 atom stereocenters. The maximum Gasteiger partial charge on any atom is 0.185 e. The Bertz CT molecular complexity index is 1600. The summed E-state index contributed by atoms with van der Waals surface area (Å²) in [7, 11) is 4.98. The minimum Gasteiger partial charge on any atom is -0.497 e. The van der Waals surface area contributed by atoms with E-state index in [9.17, 15) is 4.79 Å². The largest absolute Gasteiger partial charge is 0.497 e. The Hall–Kier alpha value is -4.57. The highest BCUT2D eigenvalue weighted by Crippen LogP contribution is 2.45. The number of ketones is 1. The van der Waals surface area contributed by atoms with E-state index in [0.717, 1.165) is 55.5 Å². The van der Waals surface area contributed by atoms with Crippen LogP contribution in [0.15, 0.2) is 97.1 Å². The zero-order valence-corrected chi connectivity index (χ0v) is 20.4. The first-order chi connectivity index (χ1) is 17.6. The van der Waals surface area contributed by atoms with E-state index in [0.29, 0.717) is 5.56 Å².